The van der Waals surface area contributed by atoms with E-state index in [1.54, 1.807) is 0 Å². The average molecular weight is 427 g/mol. The van der Waals surface area contributed by atoms with E-state index in [4.69, 9.17) is 0 Å². The summed E-state index contributed by atoms with van der Waals surface area (Å²) < 4.78 is 0. The van der Waals surface area contributed by atoms with E-state index >= 15 is 0 Å². The third-order valence-electron chi connectivity index (χ3n) is 5.20. The van der Waals surface area contributed by atoms with Crippen LogP contribution in [-0.4, -0.2) is 26.2 Å². The summed E-state index contributed by atoms with van der Waals surface area (Å²) in [6.07, 6.45) is 4.29. The number of hydrogen-bond donors (Lipinski definition) is 3. The van der Waals surface area contributed by atoms with Gasteiger partial charge in [-0.05, 0) is 47.9 Å². The Labute approximate surface area is 182 Å². The first-order valence-corrected chi connectivity index (χ1v) is 10.6. The van der Waals surface area contributed by atoms with Crippen molar-refractivity contribution in [1.29, 1.82) is 0 Å². The molecule has 2 aromatic carbocycles. The number of hydrogen-bond acceptors (Lipinski definition) is 3. The van der Waals surface area contributed by atoms with E-state index in [9.17, 15) is 0 Å². The van der Waals surface area contributed by atoms with Crippen molar-refractivity contribution in [2.45, 2.75) is 53.4 Å². The number of nitrogens with one attached hydrogen (secondary N) is 3. The summed E-state index contributed by atoms with van der Waals surface area (Å²) in [6.45, 7) is 12.7. The Morgan fingerprint density at radius 2 is 0.857 bits per heavy atom. The maximum Gasteiger partial charge on any atom is 0.0405 e. The Morgan fingerprint density at radius 3 is 1.14 bits per heavy atom. The predicted octanol–water partition coefficient (Wildman–Crippen LogP) is 5.05. The first kappa shape index (κ1) is 24.5. The second-order valence-corrected chi connectivity index (χ2v) is 6.92. The van der Waals surface area contributed by atoms with Crippen LogP contribution in [0, 0.1) is 0 Å². The number of benzene rings is 2. The van der Waals surface area contributed by atoms with Crippen LogP contribution in [-0.2, 0) is 42.5 Å². The number of aryl methyl sites for hydroxylation is 4. The summed E-state index contributed by atoms with van der Waals surface area (Å²) in [6, 6.07) is 13.3. The van der Waals surface area contributed by atoms with Crippen LogP contribution >= 0.6 is 0 Å². The van der Waals surface area contributed by atoms with Gasteiger partial charge in [0.1, 0.15) is 0 Å². The van der Waals surface area contributed by atoms with E-state index in [1.165, 1.54) is 33.6 Å². The molecule has 3 nitrogen and oxygen atoms in total. The molecule has 2 rings (SSSR count). The molecule has 0 amide bonds. The van der Waals surface area contributed by atoms with Crippen molar-refractivity contribution in [3.63, 3.8) is 0 Å². The van der Waals surface area contributed by atoms with Gasteiger partial charge in [0.15, 0.2) is 0 Å². The van der Waals surface area contributed by atoms with Gasteiger partial charge in [-0.2, -0.15) is 0 Å². The van der Waals surface area contributed by atoms with Crippen molar-refractivity contribution >= 4 is 11.4 Å². The number of para-hydroxylation sites is 2. The molecule has 28 heavy (non-hydrogen) atoms. The van der Waals surface area contributed by atoms with E-state index in [0.717, 1.165) is 51.9 Å². The molecule has 3 N–H and O–H groups in total. The van der Waals surface area contributed by atoms with Crippen LogP contribution in [0.15, 0.2) is 36.4 Å². The van der Waals surface area contributed by atoms with Crippen LogP contribution < -0.4 is 16.0 Å². The number of rotatable bonds is 12. The summed E-state index contributed by atoms with van der Waals surface area (Å²) in [7, 11) is 0. The van der Waals surface area contributed by atoms with Crippen LogP contribution in [0.3, 0.4) is 0 Å². The molecule has 0 aromatic heterocycles. The SMILES string of the molecule is CCc1cccc(CC)c1NCCNCCNc1c(CC)cccc1CC.[Co]. The molecule has 0 fully saturated rings. The fraction of sp³-hybridized carbons (Fsp3) is 0.500. The topological polar surface area (TPSA) is 36.1 Å². The van der Waals surface area contributed by atoms with Crippen molar-refractivity contribution in [3.8, 4) is 0 Å². The fourth-order valence-corrected chi connectivity index (χ4v) is 3.62. The van der Waals surface area contributed by atoms with Gasteiger partial charge in [0.05, 0.1) is 0 Å². The number of anilines is 2. The summed E-state index contributed by atoms with van der Waals surface area (Å²) in [5.74, 6) is 0. The van der Waals surface area contributed by atoms with Gasteiger partial charge in [-0.1, -0.05) is 64.1 Å². The van der Waals surface area contributed by atoms with E-state index in [2.05, 4.69) is 80.0 Å². The zero-order valence-corrected chi connectivity index (χ0v) is 19.0. The molecule has 0 saturated heterocycles. The molecule has 0 aliphatic carbocycles. The molecule has 4 heteroatoms. The first-order valence-electron chi connectivity index (χ1n) is 10.6. The molecule has 0 spiro atoms. The van der Waals surface area contributed by atoms with E-state index in [-0.39, 0.29) is 16.8 Å². The van der Waals surface area contributed by atoms with Gasteiger partial charge in [0.2, 0.25) is 0 Å². The maximum absolute atomic E-state index is 3.65. The minimum atomic E-state index is 0. The molecule has 0 unspecified atom stereocenters. The molecule has 0 aliphatic heterocycles. The molecule has 0 aliphatic rings. The van der Waals surface area contributed by atoms with Crippen molar-refractivity contribution in [3.05, 3.63) is 58.7 Å². The summed E-state index contributed by atoms with van der Waals surface area (Å²) in [5.41, 5.74) is 8.34. The largest absolute Gasteiger partial charge is 0.383 e. The normalized spacial score (nSPS) is 10.4. The second kappa shape index (κ2) is 13.6. The Morgan fingerprint density at radius 1 is 0.536 bits per heavy atom. The minimum absolute atomic E-state index is 0. The third kappa shape index (κ3) is 6.84. The molecule has 0 saturated carbocycles. The average Bonchev–Trinajstić information content (AvgIpc) is 2.72. The van der Waals surface area contributed by atoms with Gasteiger partial charge in [0, 0.05) is 54.3 Å². The van der Waals surface area contributed by atoms with E-state index in [1.807, 2.05) is 0 Å². The summed E-state index contributed by atoms with van der Waals surface area (Å²) in [5, 5.41) is 10.8. The van der Waals surface area contributed by atoms with Crippen LogP contribution in [0.5, 0.6) is 0 Å². The van der Waals surface area contributed by atoms with Crippen LogP contribution in [0.2, 0.25) is 0 Å². The molecule has 0 bridgehead atoms. The van der Waals surface area contributed by atoms with Crippen LogP contribution in [0.1, 0.15) is 49.9 Å². The van der Waals surface area contributed by atoms with Crippen molar-refractivity contribution in [2.75, 3.05) is 36.8 Å². The summed E-state index contributed by atoms with van der Waals surface area (Å²) >= 11 is 0. The monoisotopic (exact) mass is 426 g/mol. The van der Waals surface area contributed by atoms with E-state index in [0.29, 0.717) is 0 Å². The molecule has 1 radical (unpaired) electrons. The van der Waals surface area contributed by atoms with Crippen LogP contribution in [0.4, 0.5) is 11.4 Å². The maximum atomic E-state index is 3.65. The summed E-state index contributed by atoms with van der Waals surface area (Å²) in [4.78, 5) is 0. The Balaban J connectivity index is 0.00000392. The quantitative estimate of drug-likeness (QED) is 0.416. The van der Waals surface area contributed by atoms with Gasteiger partial charge in [0.25, 0.3) is 0 Å². The smallest absolute Gasteiger partial charge is 0.0405 e. The van der Waals surface area contributed by atoms with E-state index < -0.39 is 0 Å². The zero-order valence-electron chi connectivity index (χ0n) is 18.0. The Hall–Kier alpha value is -1.49. The molecular weight excluding hydrogens is 389 g/mol. The predicted molar refractivity (Wildman–Crippen MR) is 120 cm³/mol. The second-order valence-electron chi connectivity index (χ2n) is 6.92. The molecular formula is C24H37CoN3. The third-order valence-corrected chi connectivity index (χ3v) is 5.20. The zero-order chi connectivity index (χ0) is 19.5. The van der Waals surface area contributed by atoms with Crippen molar-refractivity contribution < 1.29 is 16.8 Å². The van der Waals surface area contributed by atoms with Gasteiger partial charge in [-0.3, -0.25) is 0 Å². The van der Waals surface area contributed by atoms with Gasteiger partial charge in [-0.25, -0.2) is 0 Å². The first-order chi connectivity index (χ1) is 13.2. The molecule has 157 valence electrons. The van der Waals surface area contributed by atoms with Crippen molar-refractivity contribution in [1.82, 2.24) is 5.32 Å². The Kier molecular flexibility index (Phi) is 12.0. The van der Waals surface area contributed by atoms with Crippen molar-refractivity contribution in [2.24, 2.45) is 0 Å². The molecule has 0 heterocycles. The standard InChI is InChI=1S/C24H37N3.Co/c1-5-19-11-9-12-20(6-2)23(19)26-17-15-25-16-18-27-24-21(7-3)13-10-14-22(24)8-4;/h9-14,25-27H,5-8,15-18H2,1-4H3;. The molecule has 2 aromatic rings. The Bertz CT molecular complexity index is 596. The molecule has 0 atom stereocenters. The van der Waals surface area contributed by atoms with Gasteiger partial charge >= 0.3 is 0 Å². The van der Waals surface area contributed by atoms with Crippen LogP contribution in [0.25, 0.3) is 0 Å². The fourth-order valence-electron chi connectivity index (χ4n) is 3.62. The van der Waals surface area contributed by atoms with Gasteiger partial charge < -0.3 is 16.0 Å². The minimum Gasteiger partial charge on any atom is -0.383 e. The van der Waals surface area contributed by atoms with Gasteiger partial charge in [-0.15, -0.1) is 0 Å².